The molecule has 2 atom stereocenters. The molecule has 1 aromatic carbocycles. The Bertz CT molecular complexity index is 892. The van der Waals surface area contributed by atoms with Gasteiger partial charge in [-0.05, 0) is 58.0 Å². The maximum atomic E-state index is 13.8. The number of nitrogens with one attached hydrogen (secondary N) is 1. The lowest BCUT2D eigenvalue weighted by atomic mass is 9.84. The Morgan fingerprint density at radius 3 is 2.42 bits per heavy atom. The van der Waals surface area contributed by atoms with Crippen molar-refractivity contribution >= 4 is 17.2 Å². The topological polar surface area (TPSA) is 65.5 Å². The molecule has 2 N–H and O–H groups in total. The highest BCUT2D eigenvalue weighted by molar-refractivity contribution is 7.11. The van der Waals surface area contributed by atoms with Gasteiger partial charge in [0.25, 0.3) is 0 Å². The second-order valence-electron chi connectivity index (χ2n) is 8.48. The van der Waals surface area contributed by atoms with Crippen LogP contribution in [-0.2, 0) is 11.2 Å². The lowest BCUT2D eigenvalue weighted by Gasteiger charge is -2.29. The van der Waals surface area contributed by atoms with E-state index in [1.165, 1.54) is 17.5 Å². The lowest BCUT2D eigenvalue weighted by molar-refractivity contribution is -0.194. The lowest BCUT2D eigenvalue weighted by Crippen LogP contribution is -2.42. The number of carbonyl (C=O) groups is 1. The molecular formula is C22H28F3N3O2S. The van der Waals surface area contributed by atoms with Crippen molar-refractivity contribution in [1.29, 1.82) is 0 Å². The first kappa shape index (κ1) is 23.5. The molecule has 1 aliphatic rings. The maximum Gasteiger partial charge on any atom is 0.395 e. The average Bonchev–Trinajstić information content (AvgIpc) is 3.40. The quantitative estimate of drug-likeness (QED) is 0.593. The van der Waals surface area contributed by atoms with Gasteiger partial charge in [-0.3, -0.25) is 4.79 Å². The molecular weight excluding hydrogens is 427 g/mol. The predicted octanol–water partition coefficient (Wildman–Crippen LogP) is 4.26. The fourth-order valence-electron chi connectivity index (χ4n) is 3.90. The summed E-state index contributed by atoms with van der Waals surface area (Å²) in [5, 5.41) is 13.0. The Labute approximate surface area is 184 Å². The second kappa shape index (κ2) is 9.16. The molecule has 0 spiro atoms. The first-order valence-electron chi connectivity index (χ1n) is 10.2. The number of likely N-dealkylation sites (N-methyl/N-ethyl adjacent to an activating group) is 1. The number of aryl methyl sites for hydroxylation is 1. The van der Waals surface area contributed by atoms with Crippen LogP contribution in [0.1, 0.15) is 40.6 Å². The van der Waals surface area contributed by atoms with Crippen molar-refractivity contribution in [2.24, 2.45) is 5.41 Å². The monoisotopic (exact) mass is 455 g/mol. The number of nitrogens with zero attached hydrogens (tertiary/aromatic N) is 2. The number of amides is 1. The van der Waals surface area contributed by atoms with E-state index in [4.69, 9.17) is 0 Å². The molecule has 0 unspecified atom stereocenters. The molecule has 2 aromatic rings. The fourth-order valence-corrected chi connectivity index (χ4v) is 4.91. The van der Waals surface area contributed by atoms with Crippen LogP contribution in [0.2, 0.25) is 0 Å². The van der Waals surface area contributed by atoms with Crippen molar-refractivity contribution in [3.05, 3.63) is 45.9 Å². The number of phenols is 1. The van der Waals surface area contributed by atoms with E-state index < -0.39 is 17.5 Å². The van der Waals surface area contributed by atoms with Crippen LogP contribution in [-0.4, -0.2) is 53.8 Å². The van der Waals surface area contributed by atoms with Crippen LogP contribution in [0.25, 0.3) is 0 Å². The minimum atomic E-state index is -4.35. The summed E-state index contributed by atoms with van der Waals surface area (Å²) >= 11 is 1.23. The normalized spacial score (nSPS) is 17.4. The molecule has 5 nitrogen and oxygen atoms in total. The zero-order valence-electron chi connectivity index (χ0n) is 17.9. The number of halogens is 3. The number of benzene rings is 1. The van der Waals surface area contributed by atoms with Gasteiger partial charge < -0.3 is 15.3 Å². The molecule has 1 aliphatic carbocycles. The van der Waals surface area contributed by atoms with Crippen LogP contribution < -0.4 is 5.32 Å². The van der Waals surface area contributed by atoms with E-state index in [-0.39, 0.29) is 37.0 Å². The van der Waals surface area contributed by atoms with Crippen LogP contribution in [0.5, 0.6) is 5.75 Å². The summed E-state index contributed by atoms with van der Waals surface area (Å²) in [6.45, 7) is 2.07. The number of hydrogen-bond acceptors (Lipinski definition) is 5. The van der Waals surface area contributed by atoms with Crippen molar-refractivity contribution in [3.8, 4) is 5.75 Å². The SMILES string of the molecule is Cc1ncc([C@H](CC(=O)NC[C@H](Cc2ccc(O)cc2)N(C)C)C2(C(F)(F)F)CC2)s1. The van der Waals surface area contributed by atoms with E-state index in [9.17, 15) is 23.1 Å². The third kappa shape index (κ3) is 5.57. The van der Waals surface area contributed by atoms with E-state index in [2.05, 4.69) is 10.3 Å². The van der Waals surface area contributed by atoms with E-state index in [1.54, 1.807) is 19.1 Å². The van der Waals surface area contributed by atoms with Crippen molar-refractivity contribution in [3.63, 3.8) is 0 Å². The Kier molecular flexibility index (Phi) is 6.95. The molecule has 1 aromatic heterocycles. The van der Waals surface area contributed by atoms with Crippen LogP contribution in [0.15, 0.2) is 30.5 Å². The Morgan fingerprint density at radius 2 is 1.94 bits per heavy atom. The van der Waals surface area contributed by atoms with Crippen LogP contribution in [0.3, 0.4) is 0 Å². The van der Waals surface area contributed by atoms with Gasteiger partial charge in [-0.15, -0.1) is 11.3 Å². The number of rotatable bonds is 9. The number of alkyl halides is 3. The summed E-state index contributed by atoms with van der Waals surface area (Å²) in [6.07, 6.45) is -2.34. The van der Waals surface area contributed by atoms with E-state index in [0.29, 0.717) is 22.9 Å². The number of aromatic hydroxyl groups is 1. The van der Waals surface area contributed by atoms with Crippen molar-refractivity contribution in [2.45, 2.75) is 50.7 Å². The zero-order valence-corrected chi connectivity index (χ0v) is 18.7. The summed E-state index contributed by atoms with van der Waals surface area (Å²) in [5.41, 5.74) is -0.825. The molecule has 1 heterocycles. The van der Waals surface area contributed by atoms with Gasteiger partial charge in [0.05, 0.1) is 10.4 Å². The van der Waals surface area contributed by atoms with Crippen LogP contribution >= 0.6 is 11.3 Å². The highest BCUT2D eigenvalue weighted by atomic mass is 32.1. The Balaban J connectivity index is 1.67. The summed E-state index contributed by atoms with van der Waals surface area (Å²) in [4.78, 5) is 19.3. The first-order valence-corrected chi connectivity index (χ1v) is 11.0. The predicted molar refractivity (Wildman–Crippen MR) is 114 cm³/mol. The maximum absolute atomic E-state index is 13.8. The minimum absolute atomic E-state index is 0.0323. The summed E-state index contributed by atoms with van der Waals surface area (Å²) < 4.78 is 41.4. The van der Waals surface area contributed by atoms with E-state index >= 15 is 0 Å². The highest BCUT2D eigenvalue weighted by Gasteiger charge is 2.67. The standard InChI is InChI=1S/C22H28F3N3O2S/c1-14-26-13-19(31-14)18(21(8-9-21)22(23,24)25)11-20(30)27-12-16(28(2)3)10-15-4-6-17(29)7-5-15/h4-7,13,16,18,29H,8-12H2,1-3H3,(H,27,30)/t16-,18-/m0/s1. The third-order valence-electron chi connectivity index (χ3n) is 6.07. The van der Waals surface area contributed by atoms with Gasteiger partial charge in [0.1, 0.15) is 5.75 Å². The third-order valence-corrected chi connectivity index (χ3v) is 7.09. The van der Waals surface area contributed by atoms with Gasteiger partial charge in [0, 0.05) is 36.0 Å². The highest BCUT2D eigenvalue weighted by Crippen LogP contribution is 2.66. The smallest absolute Gasteiger partial charge is 0.395 e. The van der Waals surface area contributed by atoms with Crippen LogP contribution in [0.4, 0.5) is 13.2 Å². The van der Waals surface area contributed by atoms with Gasteiger partial charge in [0.15, 0.2) is 0 Å². The largest absolute Gasteiger partial charge is 0.508 e. The molecule has 1 saturated carbocycles. The van der Waals surface area contributed by atoms with Gasteiger partial charge in [0.2, 0.25) is 5.91 Å². The van der Waals surface area contributed by atoms with Crippen molar-refractivity contribution in [1.82, 2.24) is 15.2 Å². The van der Waals surface area contributed by atoms with E-state index in [0.717, 1.165) is 5.56 Å². The summed E-state index contributed by atoms with van der Waals surface area (Å²) in [5.74, 6) is -1.11. The van der Waals surface area contributed by atoms with Crippen molar-refractivity contribution < 1.29 is 23.1 Å². The van der Waals surface area contributed by atoms with Gasteiger partial charge in [-0.2, -0.15) is 13.2 Å². The van der Waals surface area contributed by atoms with E-state index in [1.807, 2.05) is 31.1 Å². The van der Waals surface area contributed by atoms with Gasteiger partial charge in [-0.25, -0.2) is 4.98 Å². The minimum Gasteiger partial charge on any atom is -0.508 e. The van der Waals surface area contributed by atoms with Gasteiger partial charge in [-0.1, -0.05) is 12.1 Å². The molecule has 0 saturated heterocycles. The average molecular weight is 456 g/mol. The first-order chi connectivity index (χ1) is 14.5. The molecule has 3 rings (SSSR count). The molecule has 0 radical (unpaired) electrons. The van der Waals surface area contributed by atoms with Crippen LogP contribution in [0, 0.1) is 12.3 Å². The number of thiazole rings is 1. The molecule has 0 aliphatic heterocycles. The second-order valence-corrected chi connectivity index (χ2v) is 9.75. The molecule has 0 bridgehead atoms. The molecule has 170 valence electrons. The number of carbonyl (C=O) groups excluding carboxylic acids is 1. The zero-order chi connectivity index (χ0) is 22.8. The van der Waals surface area contributed by atoms with Crippen molar-refractivity contribution in [2.75, 3.05) is 20.6 Å². The summed E-state index contributed by atoms with van der Waals surface area (Å²) in [6, 6.07) is 6.81. The Morgan fingerprint density at radius 1 is 1.29 bits per heavy atom. The fraction of sp³-hybridized carbons (Fsp3) is 0.545. The molecule has 1 amide bonds. The Hall–Kier alpha value is -2.13. The molecule has 1 fully saturated rings. The summed E-state index contributed by atoms with van der Waals surface area (Å²) in [7, 11) is 3.78. The number of hydrogen-bond donors (Lipinski definition) is 2. The molecule has 9 heteroatoms. The number of aromatic nitrogens is 1. The van der Waals surface area contributed by atoms with Gasteiger partial charge >= 0.3 is 6.18 Å². The number of phenolic OH excluding ortho intramolecular Hbond substituents is 1. The molecule has 31 heavy (non-hydrogen) atoms.